The van der Waals surface area contributed by atoms with Gasteiger partial charge >= 0.3 is 0 Å². The molecule has 0 aliphatic carbocycles. The van der Waals surface area contributed by atoms with Gasteiger partial charge in [-0.15, -0.1) is 0 Å². The van der Waals surface area contributed by atoms with Crippen LogP contribution in [-0.4, -0.2) is 17.5 Å². The van der Waals surface area contributed by atoms with Gasteiger partial charge in [-0.25, -0.2) is 0 Å². The SMILES string of the molecule is Cc1c(-c2ccc(OCc3ccccc3)cc2)n(Cc2ccc(OCC=O)cc2)c2ccc(OCc3ccccc3)cc12. The van der Waals surface area contributed by atoms with Crippen molar-refractivity contribution >= 4 is 17.2 Å². The lowest BCUT2D eigenvalue weighted by molar-refractivity contribution is -0.109. The highest BCUT2D eigenvalue weighted by Gasteiger charge is 2.17. The zero-order chi connectivity index (χ0) is 29.4. The van der Waals surface area contributed by atoms with Crippen LogP contribution in [0, 0.1) is 6.92 Å². The molecule has 1 heterocycles. The molecule has 0 N–H and O–H groups in total. The minimum Gasteiger partial charge on any atom is -0.489 e. The number of aromatic nitrogens is 1. The quantitative estimate of drug-likeness (QED) is 0.139. The van der Waals surface area contributed by atoms with E-state index in [0.29, 0.717) is 25.5 Å². The lowest BCUT2D eigenvalue weighted by Gasteiger charge is -2.14. The van der Waals surface area contributed by atoms with Crippen LogP contribution in [-0.2, 0) is 24.6 Å². The summed E-state index contributed by atoms with van der Waals surface area (Å²) in [7, 11) is 0. The first kappa shape index (κ1) is 27.9. The monoisotopic (exact) mass is 567 g/mol. The van der Waals surface area contributed by atoms with Crippen LogP contribution in [0.15, 0.2) is 127 Å². The summed E-state index contributed by atoms with van der Waals surface area (Å²) in [6.07, 6.45) is 0.755. The third kappa shape index (κ3) is 6.62. The minimum absolute atomic E-state index is 0.0463. The Morgan fingerprint density at radius 2 is 1.16 bits per heavy atom. The molecule has 0 aliphatic heterocycles. The zero-order valence-corrected chi connectivity index (χ0v) is 24.1. The molecule has 214 valence electrons. The summed E-state index contributed by atoms with van der Waals surface area (Å²) in [5, 5.41) is 1.15. The van der Waals surface area contributed by atoms with Crippen LogP contribution in [0.2, 0.25) is 0 Å². The molecule has 1 aromatic heterocycles. The molecular weight excluding hydrogens is 534 g/mol. The molecule has 6 aromatic rings. The number of hydrogen-bond acceptors (Lipinski definition) is 4. The van der Waals surface area contributed by atoms with Crippen molar-refractivity contribution in [2.24, 2.45) is 0 Å². The Kier molecular flexibility index (Phi) is 8.51. The van der Waals surface area contributed by atoms with E-state index in [2.05, 4.69) is 60.0 Å². The number of benzene rings is 5. The number of nitrogens with zero attached hydrogens (tertiary/aromatic N) is 1. The predicted molar refractivity (Wildman–Crippen MR) is 171 cm³/mol. The van der Waals surface area contributed by atoms with Crippen LogP contribution in [0.25, 0.3) is 22.2 Å². The van der Waals surface area contributed by atoms with Crippen LogP contribution < -0.4 is 14.2 Å². The fraction of sp³-hybridized carbons (Fsp3) is 0.132. The summed E-state index contributed by atoms with van der Waals surface area (Å²) in [5.74, 6) is 2.34. The predicted octanol–water partition coefficient (Wildman–Crippen LogP) is 8.40. The normalized spacial score (nSPS) is 10.9. The average molecular weight is 568 g/mol. The van der Waals surface area contributed by atoms with Gasteiger partial charge in [-0.3, -0.25) is 4.79 Å². The van der Waals surface area contributed by atoms with Gasteiger partial charge in [-0.05, 0) is 89.3 Å². The molecule has 0 saturated heterocycles. The van der Waals surface area contributed by atoms with Gasteiger partial charge in [-0.1, -0.05) is 72.8 Å². The molecule has 0 saturated carbocycles. The number of aryl methyl sites for hydroxylation is 1. The molecule has 5 aromatic carbocycles. The molecule has 0 fully saturated rings. The van der Waals surface area contributed by atoms with Gasteiger partial charge in [-0.2, -0.15) is 0 Å². The molecule has 0 spiro atoms. The smallest absolute Gasteiger partial charge is 0.157 e. The molecular formula is C38H33NO4. The Balaban J connectivity index is 1.32. The molecule has 0 atom stereocenters. The summed E-state index contributed by atoms with van der Waals surface area (Å²) in [5.41, 5.74) is 7.96. The highest BCUT2D eigenvalue weighted by atomic mass is 16.5. The number of carbonyl (C=O) groups excluding carboxylic acids is 1. The van der Waals surface area contributed by atoms with Crippen LogP contribution >= 0.6 is 0 Å². The highest BCUT2D eigenvalue weighted by molar-refractivity contribution is 5.92. The van der Waals surface area contributed by atoms with Crippen molar-refractivity contribution in [3.05, 3.63) is 150 Å². The van der Waals surface area contributed by atoms with Crippen molar-refractivity contribution in [3.63, 3.8) is 0 Å². The van der Waals surface area contributed by atoms with Gasteiger partial charge in [0.1, 0.15) is 37.1 Å². The molecule has 0 aliphatic rings. The van der Waals surface area contributed by atoms with Crippen LogP contribution in [0.5, 0.6) is 17.2 Å². The molecule has 5 nitrogen and oxygen atoms in total. The lowest BCUT2D eigenvalue weighted by Crippen LogP contribution is -2.03. The highest BCUT2D eigenvalue weighted by Crippen LogP contribution is 2.37. The van der Waals surface area contributed by atoms with Crippen molar-refractivity contribution in [2.45, 2.75) is 26.7 Å². The van der Waals surface area contributed by atoms with E-state index >= 15 is 0 Å². The van der Waals surface area contributed by atoms with Crippen molar-refractivity contribution in [2.75, 3.05) is 6.61 Å². The number of carbonyl (C=O) groups is 1. The summed E-state index contributed by atoms with van der Waals surface area (Å²) in [4.78, 5) is 10.7. The van der Waals surface area contributed by atoms with Gasteiger partial charge in [0, 0.05) is 17.4 Å². The second kappa shape index (κ2) is 13.1. The third-order valence-electron chi connectivity index (χ3n) is 7.49. The van der Waals surface area contributed by atoms with E-state index in [1.165, 1.54) is 5.56 Å². The largest absolute Gasteiger partial charge is 0.489 e. The van der Waals surface area contributed by atoms with E-state index in [1.807, 2.05) is 78.9 Å². The maximum Gasteiger partial charge on any atom is 0.157 e. The number of ether oxygens (including phenoxy) is 3. The Morgan fingerprint density at radius 3 is 1.79 bits per heavy atom. The first-order valence-electron chi connectivity index (χ1n) is 14.4. The van der Waals surface area contributed by atoms with Crippen molar-refractivity contribution < 1.29 is 19.0 Å². The minimum atomic E-state index is 0.0463. The number of hydrogen-bond donors (Lipinski definition) is 0. The van der Waals surface area contributed by atoms with E-state index < -0.39 is 0 Å². The molecule has 0 unspecified atom stereocenters. The molecule has 43 heavy (non-hydrogen) atoms. The van der Waals surface area contributed by atoms with E-state index in [1.54, 1.807) is 0 Å². The number of rotatable bonds is 12. The molecule has 0 radical (unpaired) electrons. The van der Waals surface area contributed by atoms with Gasteiger partial charge < -0.3 is 18.8 Å². The molecule has 0 amide bonds. The van der Waals surface area contributed by atoms with E-state index in [0.717, 1.165) is 56.6 Å². The Morgan fingerprint density at radius 1 is 0.605 bits per heavy atom. The Hall–Kier alpha value is -5.29. The van der Waals surface area contributed by atoms with Gasteiger partial charge in [0.15, 0.2) is 6.29 Å². The van der Waals surface area contributed by atoms with E-state index in [4.69, 9.17) is 14.2 Å². The molecule has 5 heteroatoms. The average Bonchev–Trinajstić information content (AvgIpc) is 3.33. The molecule has 0 bridgehead atoms. The summed E-state index contributed by atoms with van der Waals surface area (Å²) >= 11 is 0. The number of aldehydes is 1. The van der Waals surface area contributed by atoms with Gasteiger partial charge in [0.2, 0.25) is 0 Å². The zero-order valence-electron chi connectivity index (χ0n) is 24.1. The Bertz CT molecular complexity index is 1790. The maximum absolute atomic E-state index is 10.7. The fourth-order valence-electron chi connectivity index (χ4n) is 5.32. The second-order valence-electron chi connectivity index (χ2n) is 10.4. The van der Waals surface area contributed by atoms with E-state index in [-0.39, 0.29) is 6.61 Å². The lowest BCUT2D eigenvalue weighted by atomic mass is 10.1. The van der Waals surface area contributed by atoms with E-state index in [9.17, 15) is 4.79 Å². The summed E-state index contributed by atoms with van der Waals surface area (Å²) in [6, 6.07) is 42.9. The first-order valence-corrected chi connectivity index (χ1v) is 14.4. The van der Waals surface area contributed by atoms with Crippen LogP contribution in [0.4, 0.5) is 0 Å². The van der Waals surface area contributed by atoms with Gasteiger partial charge in [0.05, 0.1) is 5.69 Å². The van der Waals surface area contributed by atoms with Crippen molar-refractivity contribution in [3.8, 4) is 28.5 Å². The fourth-order valence-corrected chi connectivity index (χ4v) is 5.32. The second-order valence-corrected chi connectivity index (χ2v) is 10.4. The topological polar surface area (TPSA) is 49.7 Å². The van der Waals surface area contributed by atoms with Crippen LogP contribution in [0.1, 0.15) is 22.3 Å². The van der Waals surface area contributed by atoms with Crippen LogP contribution in [0.3, 0.4) is 0 Å². The number of fused-ring (bicyclic) bond motifs is 1. The summed E-state index contributed by atoms with van der Waals surface area (Å²) < 4.78 is 20.1. The van der Waals surface area contributed by atoms with Gasteiger partial charge in [0.25, 0.3) is 0 Å². The Labute approximate surface area is 251 Å². The first-order chi connectivity index (χ1) is 21.2. The third-order valence-corrected chi connectivity index (χ3v) is 7.49. The summed E-state index contributed by atoms with van der Waals surface area (Å²) in [6.45, 7) is 3.93. The maximum atomic E-state index is 10.7. The van der Waals surface area contributed by atoms with Crippen molar-refractivity contribution in [1.82, 2.24) is 4.57 Å². The standard InChI is InChI=1S/C38H33NO4/c1-28-36-24-35(43-27-31-10-6-3-7-11-31)20-21-37(36)39(25-29-12-16-33(17-13-29)41-23-22-40)38(28)32-14-18-34(19-15-32)42-26-30-8-4-2-5-9-30/h2-22,24H,23,25-27H2,1H3. The van der Waals surface area contributed by atoms with Crippen molar-refractivity contribution in [1.29, 1.82) is 0 Å². The molecule has 6 rings (SSSR count).